The van der Waals surface area contributed by atoms with E-state index in [1.165, 1.54) is 0 Å². The van der Waals surface area contributed by atoms with Crippen LogP contribution >= 0.6 is 0 Å². The van der Waals surface area contributed by atoms with Gasteiger partial charge in [-0.3, -0.25) is 9.78 Å². The number of hydrogen-bond donors (Lipinski definition) is 2. The molecule has 1 aromatic rings. The molecule has 5 nitrogen and oxygen atoms in total. The average Bonchev–Trinajstić information content (AvgIpc) is 2.36. The first-order valence-corrected chi connectivity index (χ1v) is 6.35. The summed E-state index contributed by atoms with van der Waals surface area (Å²) in [7, 11) is 1.68. The first-order valence-electron chi connectivity index (χ1n) is 6.35. The third-order valence-corrected chi connectivity index (χ3v) is 3.06. The number of methoxy groups -OCH3 is 1. The SMILES string of the molecule is COCCC(C)(C)CNC(=O)c1cc(N)cnc1C. The highest BCUT2D eigenvalue weighted by Gasteiger charge is 2.19. The lowest BCUT2D eigenvalue weighted by atomic mass is 9.89. The normalized spacial score (nSPS) is 11.4. The molecule has 1 aromatic heterocycles. The second-order valence-electron chi connectivity index (χ2n) is 5.49. The van der Waals surface area contributed by atoms with Crippen molar-refractivity contribution in [2.24, 2.45) is 5.41 Å². The summed E-state index contributed by atoms with van der Waals surface area (Å²) in [5.41, 5.74) is 7.35. The van der Waals surface area contributed by atoms with E-state index in [0.29, 0.717) is 30.1 Å². The van der Waals surface area contributed by atoms with Crippen LogP contribution in [0.25, 0.3) is 0 Å². The molecule has 1 amide bonds. The van der Waals surface area contributed by atoms with E-state index in [-0.39, 0.29) is 11.3 Å². The fraction of sp³-hybridized carbons (Fsp3) is 0.571. The Morgan fingerprint density at radius 2 is 2.21 bits per heavy atom. The van der Waals surface area contributed by atoms with Gasteiger partial charge in [-0.25, -0.2) is 0 Å². The molecule has 1 rings (SSSR count). The van der Waals surface area contributed by atoms with Gasteiger partial charge in [-0.1, -0.05) is 13.8 Å². The highest BCUT2D eigenvalue weighted by atomic mass is 16.5. The van der Waals surface area contributed by atoms with Gasteiger partial charge in [0.25, 0.3) is 5.91 Å². The fourth-order valence-corrected chi connectivity index (χ4v) is 1.66. The number of nitrogens with one attached hydrogen (secondary N) is 1. The quantitative estimate of drug-likeness (QED) is 0.821. The van der Waals surface area contributed by atoms with Crippen LogP contribution < -0.4 is 11.1 Å². The molecule has 1 heterocycles. The van der Waals surface area contributed by atoms with Gasteiger partial charge in [-0.2, -0.15) is 0 Å². The zero-order chi connectivity index (χ0) is 14.5. The van der Waals surface area contributed by atoms with E-state index < -0.39 is 0 Å². The minimum Gasteiger partial charge on any atom is -0.397 e. The number of anilines is 1. The standard InChI is InChI=1S/C14H23N3O2/c1-10-12(7-11(15)8-16-10)13(18)17-9-14(2,3)5-6-19-4/h7-8H,5-6,9,15H2,1-4H3,(H,17,18). The van der Waals surface area contributed by atoms with Gasteiger partial charge < -0.3 is 15.8 Å². The molecule has 19 heavy (non-hydrogen) atoms. The third kappa shape index (κ3) is 4.87. The molecule has 0 aliphatic rings. The molecule has 0 bridgehead atoms. The second kappa shape index (κ2) is 6.52. The van der Waals surface area contributed by atoms with E-state index in [4.69, 9.17) is 10.5 Å². The molecule has 0 saturated carbocycles. The molecule has 3 N–H and O–H groups in total. The smallest absolute Gasteiger partial charge is 0.253 e. The fourth-order valence-electron chi connectivity index (χ4n) is 1.66. The summed E-state index contributed by atoms with van der Waals surface area (Å²) in [4.78, 5) is 16.2. The van der Waals surface area contributed by atoms with Crippen molar-refractivity contribution in [3.63, 3.8) is 0 Å². The molecule has 0 saturated heterocycles. The molecule has 106 valence electrons. The number of nitrogens with two attached hydrogens (primary N) is 1. The van der Waals surface area contributed by atoms with Crippen LogP contribution in [-0.4, -0.2) is 31.2 Å². The molecule has 0 atom stereocenters. The Hall–Kier alpha value is -1.62. The summed E-state index contributed by atoms with van der Waals surface area (Å²) < 4.78 is 5.06. The largest absolute Gasteiger partial charge is 0.397 e. The van der Waals surface area contributed by atoms with E-state index in [2.05, 4.69) is 24.1 Å². The number of ether oxygens (including phenoxy) is 1. The van der Waals surface area contributed by atoms with E-state index in [1.807, 2.05) is 0 Å². The van der Waals surface area contributed by atoms with Crippen LogP contribution in [0.15, 0.2) is 12.3 Å². The second-order valence-corrected chi connectivity index (χ2v) is 5.49. The first-order chi connectivity index (χ1) is 8.85. The predicted octanol–water partition coefficient (Wildman–Crippen LogP) is 1.76. The molecule has 0 unspecified atom stereocenters. The van der Waals surface area contributed by atoms with Gasteiger partial charge in [-0.05, 0) is 24.8 Å². The van der Waals surface area contributed by atoms with E-state index in [9.17, 15) is 4.79 Å². The number of nitrogen functional groups attached to an aromatic ring is 1. The number of rotatable bonds is 6. The zero-order valence-corrected chi connectivity index (χ0v) is 12.1. The van der Waals surface area contributed by atoms with Crippen LogP contribution in [-0.2, 0) is 4.74 Å². The summed E-state index contributed by atoms with van der Waals surface area (Å²) in [6.45, 7) is 7.25. The van der Waals surface area contributed by atoms with Gasteiger partial charge in [0.05, 0.1) is 23.1 Å². The lowest BCUT2D eigenvalue weighted by Crippen LogP contribution is -2.35. The number of hydrogen-bond acceptors (Lipinski definition) is 4. The van der Waals surface area contributed by atoms with E-state index in [1.54, 1.807) is 26.3 Å². The molecule has 0 aromatic carbocycles. The molecule has 0 spiro atoms. The average molecular weight is 265 g/mol. The maximum absolute atomic E-state index is 12.1. The van der Waals surface area contributed by atoms with Crippen LogP contribution in [0.2, 0.25) is 0 Å². The maximum atomic E-state index is 12.1. The van der Waals surface area contributed by atoms with Crippen molar-refractivity contribution in [2.45, 2.75) is 27.2 Å². The summed E-state index contributed by atoms with van der Waals surface area (Å²) >= 11 is 0. The van der Waals surface area contributed by atoms with Gasteiger partial charge >= 0.3 is 0 Å². The zero-order valence-electron chi connectivity index (χ0n) is 12.1. The van der Waals surface area contributed by atoms with Gasteiger partial charge in [-0.15, -0.1) is 0 Å². The maximum Gasteiger partial charge on any atom is 0.253 e. The minimum atomic E-state index is -0.136. The third-order valence-electron chi connectivity index (χ3n) is 3.06. The van der Waals surface area contributed by atoms with Crippen molar-refractivity contribution < 1.29 is 9.53 Å². The van der Waals surface area contributed by atoms with Crippen molar-refractivity contribution in [1.29, 1.82) is 0 Å². The highest BCUT2D eigenvalue weighted by Crippen LogP contribution is 2.19. The Labute approximate surface area is 114 Å². The Morgan fingerprint density at radius 3 is 2.84 bits per heavy atom. The summed E-state index contributed by atoms with van der Waals surface area (Å²) in [5.74, 6) is -0.136. The van der Waals surface area contributed by atoms with Crippen LogP contribution in [0.1, 0.15) is 36.3 Å². The van der Waals surface area contributed by atoms with Crippen molar-refractivity contribution in [3.05, 3.63) is 23.5 Å². The lowest BCUT2D eigenvalue weighted by molar-refractivity contribution is 0.0920. The number of aryl methyl sites for hydroxylation is 1. The number of carbonyl (C=O) groups is 1. The molecule has 5 heteroatoms. The van der Waals surface area contributed by atoms with Crippen LogP contribution in [0.4, 0.5) is 5.69 Å². The Balaban J connectivity index is 2.62. The van der Waals surface area contributed by atoms with Crippen molar-refractivity contribution in [1.82, 2.24) is 10.3 Å². The molecule has 0 aliphatic heterocycles. The van der Waals surface area contributed by atoms with Crippen LogP contribution in [0.3, 0.4) is 0 Å². The van der Waals surface area contributed by atoms with E-state index in [0.717, 1.165) is 6.42 Å². The first kappa shape index (κ1) is 15.4. The van der Waals surface area contributed by atoms with Crippen molar-refractivity contribution in [3.8, 4) is 0 Å². The summed E-state index contributed by atoms with van der Waals surface area (Å²) in [6.07, 6.45) is 2.44. The van der Waals surface area contributed by atoms with E-state index >= 15 is 0 Å². The molecule has 0 fully saturated rings. The molecular formula is C14H23N3O2. The number of pyridine rings is 1. The monoisotopic (exact) mass is 265 g/mol. The molecule has 0 radical (unpaired) electrons. The molecular weight excluding hydrogens is 242 g/mol. The molecule has 0 aliphatic carbocycles. The lowest BCUT2D eigenvalue weighted by Gasteiger charge is -2.24. The predicted molar refractivity (Wildman–Crippen MR) is 76.0 cm³/mol. The minimum absolute atomic E-state index is 0.00662. The Bertz CT molecular complexity index is 444. The highest BCUT2D eigenvalue weighted by molar-refractivity contribution is 5.95. The van der Waals surface area contributed by atoms with Crippen LogP contribution in [0, 0.1) is 12.3 Å². The van der Waals surface area contributed by atoms with Gasteiger partial charge in [0.1, 0.15) is 0 Å². The summed E-state index contributed by atoms with van der Waals surface area (Å²) in [6, 6.07) is 1.65. The number of carbonyl (C=O) groups excluding carboxylic acids is 1. The van der Waals surface area contributed by atoms with Gasteiger partial charge in [0.15, 0.2) is 0 Å². The topological polar surface area (TPSA) is 77.2 Å². The Kier molecular flexibility index (Phi) is 5.30. The van der Waals surface area contributed by atoms with Gasteiger partial charge in [0.2, 0.25) is 0 Å². The number of nitrogens with zero attached hydrogens (tertiary/aromatic N) is 1. The number of aromatic nitrogens is 1. The number of amides is 1. The van der Waals surface area contributed by atoms with Gasteiger partial charge in [0, 0.05) is 20.3 Å². The van der Waals surface area contributed by atoms with Crippen molar-refractivity contribution >= 4 is 11.6 Å². The van der Waals surface area contributed by atoms with Crippen LogP contribution in [0.5, 0.6) is 0 Å². The Morgan fingerprint density at radius 1 is 1.53 bits per heavy atom. The summed E-state index contributed by atoms with van der Waals surface area (Å²) in [5, 5.41) is 2.93. The van der Waals surface area contributed by atoms with Crippen molar-refractivity contribution in [2.75, 3.05) is 26.0 Å².